The third-order valence-electron chi connectivity index (χ3n) is 4.39. The van der Waals surface area contributed by atoms with Crippen LogP contribution in [-0.2, 0) is 14.4 Å². The monoisotopic (exact) mass is 244 g/mol. The molecule has 2 atom stereocenters. The first-order valence-corrected chi connectivity index (χ1v) is 6.62. The molecule has 0 aromatic carbocycles. The topological polar surface area (TPSA) is 51.2 Å². The van der Waals surface area contributed by atoms with E-state index in [0.29, 0.717) is 17.6 Å². The van der Waals surface area contributed by atoms with E-state index in [1.165, 1.54) is 18.9 Å². The van der Waals surface area contributed by atoms with Crippen molar-refractivity contribution in [1.82, 2.24) is 0 Å². The van der Waals surface area contributed by atoms with E-state index in [0.717, 1.165) is 19.3 Å². The van der Waals surface area contributed by atoms with Gasteiger partial charge in [0.05, 0.1) is 0 Å². The zero-order chi connectivity index (χ0) is 12.9. The fourth-order valence-electron chi connectivity index (χ4n) is 3.54. The van der Waals surface area contributed by atoms with Crippen molar-refractivity contribution in [3.8, 4) is 0 Å². The van der Waals surface area contributed by atoms with Gasteiger partial charge in [0, 0.05) is 17.1 Å². The average molecular weight is 244 g/mol. The highest BCUT2D eigenvalue weighted by Crippen LogP contribution is 2.45. The van der Waals surface area contributed by atoms with Crippen LogP contribution in [0.15, 0.2) is 22.8 Å². The van der Waals surface area contributed by atoms with E-state index in [9.17, 15) is 14.4 Å². The van der Waals surface area contributed by atoms with Gasteiger partial charge in [-0.25, -0.2) is 0 Å². The Kier molecular flexibility index (Phi) is 2.58. The first kappa shape index (κ1) is 11.6. The normalized spacial score (nSPS) is 31.1. The first-order valence-electron chi connectivity index (χ1n) is 6.62. The molecular formula is C15H16O3. The van der Waals surface area contributed by atoms with Gasteiger partial charge in [0.1, 0.15) is 11.7 Å². The van der Waals surface area contributed by atoms with E-state index in [-0.39, 0.29) is 23.3 Å². The molecule has 0 bridgehead atoms. The van der Waals surface area contributed by atoms with Crippen molar-refractivity contribution in [2.24, 2.45) is 11.8 Å². The molecule has 3 aliphatic rings. The van der Waals surface area contributed by atoms with Crippen molar-refractivity contribution in [3.63, 3.8) is 0 Å². The molecule has 2 unspecified atom stereocenters. The minimum absolute atomic E-state index is 0.128. The number of ketones is 3. The van der Waals surface area contributed by atoms with Gasteiger partial charge in [0.25, 0.3) is 0 Å². The summed E-state index contributed by atoms with van der Waals surface area (Å²) in [6.07, 6.45) is 6.92. The molecule has 3 rings (SSSR count). The van der Waals surface area contributed by atoms with Crippen LogP contribution in [0.1, 0.15) is 39.0 Å². The van der Waals surface area contributed by atoms with Crippen molar-refractivity contribution in [1.29, 1.82) is 0 Å². The van der Waals surface area contributed by atoms with Crippen LogP contribution < -0.4 is 0 Å². The first-order chi connectivity index (χ1) is 8.61. The number of carbonyl (C=O) groups is 3. The summed E-state index contributed by atoms with van der Waals surface area (Å²) in [5.41, 5.74) is 2.61. The maximum Gasteiger partial charge on any atom is 0.178 e. The zero-order valence-electron chi connectivity index (χ0n) is 10.5. The maximum atomic E-state index is 12.3. The lowest BCUT2D eigenvalue weighted by atomic mass is 9.74. The predicted octanol–water partition coefficient (Wildman–Crippen LogP) is 2.16. The minimum atomic E-state index is -1.02. The van der Waals surface area contributed by atoms with Gasteiger partial charge in [0.2, 0.25) is 0 Å². The molecule has 0 N–H and O–H groups in total. The Balaban J connectivity index is 2.02. The summed E-state index contributed by atoms with van der Waals surface area (Å²) in [6, 6.07) is 0. The van der Waals surface area contributed by atoms with Crippen molar-refractivity contribution >= 4 is 17.3 Å². The SMILES string of the molecule is CC(=O)C1C(=O)C2=C(C1=O)C1CCCCC1=CC2. The van der Waals surface area contributed by atoms with Crippen LogP contribution in [0.5, 0.6) is 0 Å². The highest BCUT2D eigenvalue weighted by Gasteiger charge is 2.47. The number of hydrogen-bond acceptors (Lipinski definition) is 3. The van der Waals surface area contributed by atoms with E-state index >= 15 is 0 Å². The van der Waals surface area contributed by atoms with E-state index < -0.39 is 5.92 Å². The number of carbonyl (C=O) groups excluding carboxylic acids is 3. The maximum absolute atomic E-state index is 12.3. The lowest BCUT2D eigenvalue weighted by molar-refractivity contribution is -0.134. The summed E-state index contributed by atoms with van der Waals surface area (Å²) in [5, 5.41) is 0. The smallest absolute Gasteiger partial charge is 0.178 e. The Morgan fingerprint density at radius 2 is 2.00 bits per heavy atom. The van der Waals surface area contributed by atoms with Crippen molar-refractivity contribution < 1.29 is 14.4 Å². The summed E-state index contributed by atoms with van der Waals surface area (Å²) in [5.74, 6) is -1.65. The summed E-state index contributed by atoms with van der Waals surface area (Å²) < 4.78 is 0. The fourth-order valence-corrected chi connectivity index (χ4v) is 3.54. The van der Waals surface area contributed by atoms with E-state index in [2.05, 4.69) is 6.08 Å². The third kappa shape index (κ3) is 1.46. The summed E-state index contributed by atoms with van der Waals surface area (Å²) in [4.78, 5) is 35.9. The second kappa shape index (κ2) is 4.01. The van der Waals surface area contributed by atoms with Gasteiger partial charge in [-0.1, -0.05) is 18.1 Å². The molecule has 0 aliphatic heterocycles. The number of fused-ring (bicyclic) bond motifs is 2. The number of hydrogen-bond donors (Lipinski definition) is 0. The molecule has 94 valence electrons. The number of rotatable bonds is 1. The Labute approximate surface area is 106 Å². The van der Waals surface area contributed by atoms with Gasteiger partial charge in [-0.3, -0.25) is 14.4 Å². The number of Topliss-reactive ketones (excluding diaryl/α,β-unsaturated/α-hetero) is 3. The van der Waals surface area contributed by atoms with Crippen molar-refractivity contribution in [2.75, 3.05) is 0 Å². The molecule has 0 aromatic heterocycles. The quantitative estimate of drug-likeness (QED) is 0.524. The molecule has 0 spiro atoms. The molecule has 0 radical (unpaired) electrons. The molecule has 3 aliphatic carbocycles. The molecule has 1 saturated carbocycles. The fraction of sp³-hybridized carbons (Fsp3) is 0.533. The standard InChI is InChI=1S/C15H16O3/c1-8(16)12-14(17)11-7-6-9-4-2-3-5-10(9)13(11)15(12)18/h6,10,12H,2-5,7H2,1H3. The van der Waals surface area contributed by atoms with Crippen molar-refractivity contribution in [3.05, 3.63) is 22.8 Å². The van der Waals surface area contributed by atoms with Crippen LogP contribution in [0.4, 0.5) is 0 Å². The highest BCUT2D eigenvalue weighted by atomic mass is 16.2. The Bertz CT molecular complexity index is 522. The van der Waals surface area contributed by atoms with Crippen LogP contribution in [0, 0.1) is 11.8 Å². The van der Waals surface area contributed by atoms with Gasteiger partial charge < -0.3 is 0 Å². The second-order valence-corrected chi connectivity index (χ2v) is 5.45. The summed E-state index contributed by atoms with van der Waals surface area (Å²) in [7, 11) is 0. The van der Waals surface area contributed by atoms with Crippen LogP contribution >= 0.6 is 0 Å². The zero-order valence-corrected chi connectivity index (χ0v) is 10.5. The third-order valence-corrected chi connectivity index (χ3v) is 4.39. The van der Waals surface area contributed by atoms with E-state index in [1.807, 2.05) is 0 Å². The van der Waals surface area contributed by atoms with E-state index in [4.69, 9.17) is 0 Å². The predicted molar refractivity (Wildman–Crippen MR) is 65.9 cm³/mol. The molecule has 0 heterocycles. The molecule has 18 heavy (non-hydrogen) atoms. The van der Waals surface area contributed by atoms with Crippen LogP contribution in [-0.4, -0.2) is 17.3 Å². The largest absolute Gasteiger partial charge is 0.299 e. The second-order valence-electron chi connectivity index (χ2n) is 5.45. The molecule has 1 fully saturated rings. The Hall–Kier alpha value is -1.51. The van der Waals surface area contributed by atoms with Gasteiger partial charge in [-0.05, 0) is 32.6 Å². The van der Waals surface area contributed by atoms with Gasteiger partial charge in [-0.2, -0.15) is 0 Å². The molecule has 0 amide bonds. The Morgan fingerprint density at radius 3 is 2.72 bits per heavy atom. The molecule has 3 nitrogen and oxygen atoms in total. The van der Waals surface area contributed by atoms with Gasteiger partial charge >= 0.3 is 0 Å². The summed E-state index contributed by atoms with van der Waals surface area (Å²) >= 11 is 0. The summed E-state index contributed by atoms with van der Waals surface area (Å²) in [6.45, 7) is 1.34. The highest BCUT2D eigenvalue weighted by molar-refractivity contribution is 6.34. The van der Waals surface area contributed by atoms with Crippen LogP contribution in [0.25, 0.3) is 0 Å². The minimum Gasteiger partial charge on any atom is -0.299 e. The number of allylic oxidation sites excluding steroid dienone is 4. The molecular weight excluding hydrogens is 228 g/mol. The molecule has 0 aromatic rings. The lowest BCUT2D eigenvalue weighted by Gasteiger charge is -2.29. The molecule has 0 saturated heterocycles. The van der Waals surface area contributed by atoms with Crippen LogP contribution in [0.2, 0.25) is 0 Å². The van der Waals surface area contributed by atoms with Gasteiger partial charge in [-0.15, -0.1) is 0 Å². The van der Waals surface area contributed by atoms with Crippen LogP contribution in [0.3, 0.4) is 0 Å². The van der Waals surface area contributed by atoms with E-state index in [1.54, 1.807) is 0 Å². The Morgan fingerprint density at radius 1 is 1.22 bits per heavy atom. The average Bonchev–Trinajstić information content (AvgIpc) is 2.62. The van der Waals surface area contributed by atoms with Gasteiger partial charge in [0.15, 0.2) is 11.6 Å². The lowest BCUT2D eigenvalue weighted by Crippen LogP contribution is -2.26. The van der Waals surface area contributed by atoms with Crippen molar-refractivity contribution in [2.45, 2.75) is 39.0 Å². The molecule has 3 heteroatoms.